The number of hydrogen-bond donors (Lipinski definition) is 2. The average molecular weight is 347 g/mol. The Morgan fingerprint density at radius 3 is 2.88 bits per heavy atom. The fraction of sp³-hybridized carbons (Fsp3) is 0.222. The smallest absolute Gasteiger partial charge is 0.404 e. The minimum Gasteiger partial charge on any atom is -0.465 e. The summed E-state index contributed by atoms with van der Waals surface area (Å²) < 4.78 is 0. The lowest BCUT2D eigenvalue weighted by Crippen LogP contribution is -2.20. The monoisotopic (exact) mass is 346 g/mol. The van der Waals surface area contributed by atoms with Crippen LogP contribution >= 0.6 is 11.6 Å². The molecule has 0 saturated carbocycles. The van der Waals surface area contributed by atoms with Crippen molar-refractivity contribution in [2.75, 3.05) is 0 Å². The van der Waals surface area contributed by atoms with Gasteiger partial charge in [-0.05, 0) is 29.7 Å². The first-order valence-corrected chi connectivity index (χ1v) is 7.86. The molecule has 0 heterocycles. The summed E-state index contributed by atoms with van der Waals surface area (Å²) in [4.78, 5) is 15.8. The Labute approximate surface area is 145 Å². The summed E-state index contributed by atoms with van der Waals surface area (Å²) in [6, 6.07) is 13.5. The summed E-state index contributed by atoms with van der Waals surface area (Å²) in [5, 5.41) is 15.4. The van der Waals surface area contributed by atoms with Crippen LogP contribution < -0.4 is 5.32 Å². The Morgan fingerprint density at radius 2 is 2.12 bits per heavy atom. The number of nitrogens with one attached hydrogen (secondary N) is 1. The van der Waals surface area contributed by atoms with Crippen LogP contribution in [0.4, 0.5) is 4.79 Å². The van der Waals surface area contributed by atoms with Gasteiger partial charge in [-0.1, -0.05) is 58.7 Å². The van der Waals surface area contributed by atoms with Gasteiger partial charge in [-0.25, -0.2) is 4.79 Å². The molecule has 2 N–H and O–H groups in total. The van der Waals surface area contributed by atoms with Crippen LogP contribution in [-0.2, 0) is 24.4 Å². The minimum absolute atomic E-state index is 0.170. The SMILES string of the molecule is Cc1cccc(CON=CCc2ccc(Cl)c(CNC(=O)O)c2)c1. The number of halogens is 1. The lowest BCUT2D eigenvalue weighted by Gasteiger charge is -2.06. The highest BCUT2D eigenvalue weighted by Gasteiger charge is 2.03. The molecule has 0 radical (unpaired) electrons. The zero-order valence-electron chi connectivity index (χ0n) is 13.3. The zero-order valence-corrected chi connectivity index (χ0v) is 14.1. The third-order valence-corrected chi connectivity index (χ3v) is 3.70. The number of aryl methyl sites for hydroxylation is 1. The van der Waals surface area contributed by atoms with Gasteiger partial charge in [0, 0.05) is 24.2 Å². The highest BCUT2D eigenvalue weighted by molar-refractivity contribution is 6.31. The van der Waals surface area contributed by atoms with E-state index in [1.165, 1.54) is 5.56 Å². The molecule has 0 saturated heterocycles. The number of benzene rings is 2. The molecule has 0 aromatic heterocycles. The van der Waals surface area contributed by atoms with Crippen molar-refractivity contribution in [1.29, 1.82) is 0 Å². The van der Waals surface area contributed by atoms with Crippen LogP contribution in [0.3, 0.4) is 0 Å². The van der Waals surface area contributed by atoms with Crippen LogP contribution in [-0.4, -0.2) is 17.4 Å². The third kappa shape index (κ3) is 5.93. The summed E-state index contributed by atoms with van der Waals surface area (Å²) in [6.07, 6.45) is 1.17. The molecular formula is C18H19ClN2O3. The Hall–Kier alpha value is -2.53. The van der Waals surface area contributed by atoms with Gasteiger partial charge in [-0.15, -0.1) is 0 Å². The topological polar surface area (TPSA) is 70.9 Å². The van der Waals surface area contributed by atoms with Crippen molar-refractivity contribution in [3.63, 3.8) is 0 Å². The van der Waals surface area contributed by atoms with Gasteiger partial charge in [-0.2, -0.15) is 0 Å². The molecule has 0 bridgehead atoms. The van der Waals surface area contributed by atoms with Gasteiger partial charge < -0.3 is 15.3 Å². The second-order valence-electron chi connectivity index (χ2n) is 5.34. The maximum Gasteiger partial charge on any atom is 0.404 e. The quantitative estimate of drug-likeness (QED) is 0.584. The lowest BCUT2D eigenvalue weighted by molar-refractivity contribution is 0.131. The van der Waals surface area contributed by atoms with Crippen LogP contribution in [0.2, 0.25) is 5.02 Å². The normalized spacial score (nSPS) is 10.8. The van der Waals surface area contributed by atoms with E-state index in [9.17, 15) is 4.79 Å². The Morgan fingerprint density at radius 1 is 1.29 bits per heavy atom. The molecular weight excluding hydrogens is 328 g/mol. The number of hydrogen-bond acceptors (Lipinski definition) is 3. The van der Waals surface area contributed by atoms with E-state index in [4.69, 9.17) is 21.5 Å². The van der Waals surface area contributed by atoms with Gasteiger partial charge in [-0.3, -0.25) is 0 Å². The lowest BCUT2D eigenvalue weighted by atomic mass is 10.1. The predicted octanol–water partition coefficient (Wildman–Crippen LogP) is 4.16. The van der Waals surface area contributed by atoms with E-state index < -0.39 is 6.09 Å². The van der Waals surface area contributed by atoms with E-state index in [2.05, 4.69) is 16.5 Å². The standard InChI is InChI=1S/C18H19ClN2O3/c1-13-3-2-4-15(9-13)12-24-21-8-7-14-5-6-17(19)16(10-14)11-20-18(22)23/h2-6,8-10,20H,7,11-12H2,1H3,(H,22,23). The number of nitrogens with zero attached hydrogens (tertiary/aromatic N) is 1. The Bertz CT molecular complexity index is 732. The van der Waals surface area contributed by atoms with Gasteiger partial charge in [0.25, 0.3) is 0 Å². The van der Waals surface area contributed by atoms with Gasteiger partial charge in [0.1, 0.15) is 6.61 Å². The molecule has 2 aromatic carbocycles. The minimum atomic E-state index is -1.08. The summed E-state index contributed by atoms with van der Waals surface area (Å²) >= 11 is 6.05. The fourth-order valence-corrected chi connectivity index (χ4v) is 2.35. The molecule has 1 amide bonds. The van der Waals surface area contributed by atoms with E-state index in [0.29, 0.717) is 18.1 Å². The maximum absolute atomic E-state index is 10.6. The van der Waals surface area contributed by atoms with Crippen LogP contribution in [0.25, 0.3) is 0 Å². The Balaban J connectivity index is 1.84. The van der Waals surface area contributed by atoms with Gasteiger partial charge >= 0.3 is 6.09 Å². The van der Waals surface area contributed by atoms with Crippen molar-refractivity contribution < 1.29 is 14.7 Å². The van der Waals surface area contributed by atoms with E-state index in [1.807, 2.05) is 37.3 Å². The number of oxime groups is 1. The van der Waals surface area contributed by atoms with E-state index in [1.54, 1.807) is 12.3 Å². The molecule has 126 valence electrons. The second-order valence-corrected chi connectivity index (χ2v) is 5.75. The van der Waals surface area contributed by atoms with E-state index in [0.717, 1.165) is 16.7 Å². The summed E-state index contributed by atoms with van der Waals surface area (Å²) in [6.45, 7) is 2.62. The zero-order chi connectivity index (χ0) is 17.4. The molecule has 24 heavy (non-hydrogen) atoms. The van der Waals surface area contributed by atoms with Crippen molar-refractivity contribution in [1.82, 2.24) is 5.32 Å². The van der Waals surface area contributed by atoms with Crippen LogP contribution in [0.5, 0.6) is 0 Å². The van der Waals surface area contributed by atoms with Crippen molar-refractivity contribution in [3.8, 4) is 0 Å². The maximum atomic E-state index is 10.6. The highest BCUT2D eigenvalue weighted by atomic mass is 35.5. The number of rotatable bonds is 7. The number of amides is 1. The van der Waals surface area contributed by atoms with Crippen molar-refractivity contribution >= 4 is 23.9 Å². The molecule has 0 aliphatic carbocycles. The first kappa shape index (κ1) is 17.8. The first-order chi connectivity index (χ1) is 11.5. The highest BCUT2D eigenvalue weighted by Crippen LogP contribution is 2.17. The third-order valence-electron chi connectivity index (χ3n) is 3.33. The second kappa shape index (κ2) is 8.93. The summed E-state index contributed by atoms with van der Waals surface area (Å²) in [7, 11) is 0. The number of carboxylic acid groups (broad SMARTS) is 1. The molecule has 0 aliphatic heterocycles. The van der Waals surface area contributed by atoms with Crippen molar-refractivity contribution in [3.05, 3.63) is 69.7 Å². The van der Waals surface area contributed by atoms with E-state index >= 15 is 0 Å². The molecule has 2 rings (SSSR count). The van der Waals surface area contributed by atoms with Crippen molar-refractivity contribution in [2.24, 2.45) is 5.16 Å². The predicted molar refractivity (Wildman–Crippen MR) is 94.5 cm³/mol. The van der Waals surface area contributed by atoms with Gasteiger partial charge in [0.05, 0.1) is 0 Å². The molecule has 5 nitrogen and oxygen atoms in total. The number of carbonyl (C=O) groups is 1. The summed E-state index contributed by atoms with van der Waals surface area (Å²) in [5.41, 5.74) is 3.96. The molecule has 0 spiro atoms. The van der Waals surface area contributed by atoms with Crippen LogP contribution in [0.1, 0.15) is 22.3 Å². The molecule has 0 unspecified atom stereocenters. The molecule has 0 atom stereocenters. The van der Waals surface area contributed by atoms with Crippen LogP contribution in [0, 0.1) is 6.92 Å². The molecule has 2 aromatic rings. The molecule has 0 fully saturated rings. The average Bonchev–Trinajstić information content (AvgIpc) is 2.54. The van der Waals surface area contributed by atoms with Crippen molar-refractivity contribution in [2.45, 2.75) is 26.5 Å². The first-order valence-electron chi connectivity index (χ1n) is 7.48. The molecule has 6 heteroatoms. The molecule has 0 aliphatic rings. The summed E-state index contributed by atoms with van der Waals surface area (Å²) in [5.74, 6) is 0. The van der Waals surface area contributed by atoms with Gasteiger partial charge in [0.2, 0.25) is 0 Å². The van der Waals surface area contributed by atoms with Gasteiger partial charge in [0.15, 0.2) is 0 Å². The van der Waals surface area contributed by atoms with E-state index in [-0.39, 0.29) is 6.54 Å². The largest absolute Gasteiger partial charge is 0.465 e. The van der Waals surface area contributed by atoms with Crippen LogP contribution in [0.15, 0.2) is 47.6 Å². The fourth-order valence-electron chi connectivity index (χ4n) is 2.17. The Kier molecular flexibility index (Phi) is 6.63.